The highest BCUT2D eigenvalue weighted by atomic mass is 127. The molecule has 36 valence electrons. The number of hydrogen-bond acceptors (Lipinski definition) is 4. The third kappa shape index (κ3) is 4.68. The van der Waals surface area contributed by atoms with E-state index in [9.17, 15) is 0 Å². The van der Waals surface area contributed by atoms with Crippen LogP contribution in [0.2, 0.25) is 0 Å². The van der Waals surface area contributed by atoms with Crippen molar-refractivity contribution in [1.82, 2.24) is 0 Å². The number of hydrogen-bond donors (Lipinski definition) is 0. The van der Waals surface area contributed by atoms with Crippen LogP contribution in [0.5, 0.6) is 0 Å². The molecule has 0 saturated carbocycles. The molecule has 4 nitrogen and oxygen atoms in total. The van der Waals surface area contributed by atoms with Gasteiger partial charge < -0.3 is 0 Å². The van der Waals surface area contributed by atoms with Crippen LogP contribution < -0.4 is 0 Å². The van der Waals surface area contributed by atoms with E-state index in [4.69, 9.17) is 4.91 Å². The first kappa shape index (κ1) is 6.68. The molecule has 0 N–H and O–H groups in total. The Labute approximate surface area is 50.1 Å². The number of nitroso groups, excluding NO2 is 1. The molecule has 0 aliphatic rings. The molecule has 0 aromatic carbocycles. The Kier molecular flexibility index (Phi) is 6.32. The zero-order valence-electron chi connectivity index (χ0n) is 2.55. The van der Waals surface area contributed by atoms with Crippen LogP contribution in [-0.4, -0.2) is 0 Å². The Balaban J connectivity index is 2.49. The SMILES string of the molecule is O=NPOOI. The summed E-state index contributed by atoms with van der Waals surface area (Å²) < 4.78 is 7.99. The molecule has 6 heteroatoms. The maximum Gasteiger partial charge on any atom is 0.226 e. The molecule has 0 aromatic rings. The van der Waals surface area contributed by atoms with Crippen molar-refractivity contribution < 1.29 is 7.89 Å². The lowest BCUT2D eigenvalue weighted by Crippen LogP contribution is -1.56. The quantitative estimate of drug-likeness (QED) is 0.181. The highest BCUT2D eigenvalue weighted by Crippen LogP contribution is 2.13. The van der Waals surface area contributed by atoms with Crippen molar-refractivity contribution in [2.45, 2.75) is 0 Å². The Morgan fingerprint density at radius 1 is 1.83 bits per heavy atom. The topological polar surface area (TPSA) is 47.9 Å². The molecule has 0 aromatic heterocycles. The summed E-state index contributed by atoms with van der Waals surface area (Å²) in [6.07, 6.45) is 0. The van der Waals surface area contributed by atoms with Gasteiger partial charge in [0.1, 0.15) is 0 Å². The molecule has 0 amide bonds. The summed E-state index contributed by atoms with van der Waals surface area (Å²) in [6, 6.07) is 0. The molecule has 0 radical (unpaired) electrons. The Hall–Kier alpha value is 0.680. The van der Waals surface area contributed by atoms with Crippen LogP contribution in [0.1, 0.15) is 0 Å². The van der Waals surface area contributed by atoms with Crippen molar-refractivity contribution in [2.75, 3.05) is 0 Å². The lowest BCUT2D eigenvalue weighted by Gasteiger charge is -1.80. The van der Waals surface area contributed by atoms with Gasteiger partial charge in [-0.2, -0.15) is 7.89 Å². The second kappa shape index (κ2) is 5.68. The summed E-state index contributed by atoms with van der Waals surface area (Å²) in [4.78, 5) is 11.5. The van der Waals surface area contributed by atoms with E-state index in [-0.39, 0.29) is 0 Å². The van der Waals surface area contributed by atoms with Gasteiger partial charge in [0.15, 0.2) is 23.0 Å². The zero-order valence-corrected chi connectivity index (χ0v) is 5.71. The molecule has 1 unspecified atom stereocenters. The van der Waals surface area contributed by atoms with E-state index in [2.05, 4.69) is 12.8 Å². The van der Waals surface area contributed by atoms with Crippen LogP contribution in [0, 0.1) is 4.91 Å². The molecule has 0 saturated heterocycles. The van der Waals surface area contributed by atoms with Crippen molar-refractivity contribution in [3.05, 3.63) is 4.91 Å². The standard InChI is InChI=1S/HINO3P/c1-4-5-6-2-3/h6H. The second-order valence-electron chi connectivity index (χ2n) is 0.329. The van der Waals surface area contributed by atoms with E-state index in [0.29, 0.717) is 0 Å². The third-order valence-corrected chi connectivity index (χ3v) is 0.857. The molecular formula is HINO3P. The molecule has 0 fully saturated rings. The molecular weight excluding hydrogens is 220 g/mol. The molecule has 0 bridgehead atoms. The van der Waals surface area contributed by atoms with Gasteiger partial charge in [-0.3, -0.25) is 0 Å². The van der Waals surface area contributed by atoms with Crippen LogP contribution in [0.4, 0.5) is 0 Å². The van der Waals surface area contributed by atoms with E-state index in [1.807, 2.05) is 0 Å². The number of rotatable bonds is 3. The first-order valence-corrected chi connectivity index (χ1v) is 2.67. The monoisotopic (exact) mass is 221 g/mol. The normalized spacial score (nSPS) is 10.2. The summed E-state index contributed by atoms with van der Waals surface area (Å²) in [5.41, 5.74) is 0. The first-order chi connectivity index (χ1) is 2.91. The largest absolute Gasteiger partial charge is 0.226 e. The highest BCUT2D eigenvalue weighted by molar-refractivity contribution is 14.1. The van der Waals surface area contributed by atoms with E-state index in [0.717, 1.165) is 0 Å². The first-order valence-electron chi connectivity index (χ1n) is 0.931. The van der Waals surface area contributed by atoms with Crippen molar-refractivity contribution in [3.63, 3.8) is 0 Å². The average molecular weight is 221 g/mol. The maximum atomic E-state index is 9.12. The van der Waals surface area contributed by atoms with Crippen LogP contribution in [0.15, 0.2) is 4.95 Å². The fourth-order valence-electron chi connectivity index (χ4n) is 0.0293. The molecule has 1 atom stereocenters. The van der Waals surface area contributed by atoms with Gasteiger partial charge in [-0.15, -0.1) is 4.91 Å². The molecule has 0 heterocycles. The Bertz CT molecular complexity index is 39.8. The van der Waals surface area contributed by atoms with Crippen LogP contribution >= 0.6 is 32.0 Å². The molecule has 0 rings (SSSR count). The van der Waals surface area contributed by atoms with Crippen molar-refractivity contribution in [1.29, 1.82) is 0 Å². The summed E-state index contributed by atoms with van der Waals surface area (Å²) >= 11 is 1.50. The molecule has 6 heavy (non-hydrogen) atoms. The van der Waals surface area contributed by atoms with Gasteiger partial charge in [0.25, 0.3) is 0 Å². The van der Waals surface area contributed by atoms with Crippen molar-refractivity contribution in [2.24, 2.45) is 4.95 Å². The number of halogens is 1. The lowest BCUT2D eigenvalue weighted by atomic mass is 13.7. The van der Waals surface area contributed by atoms with Crippen molar-refractivity contribution in [3.8, 4) is 0 Å². The minimum atomic E-state index is -0.445. The number of nitrogens with zero attached hydrogens (tertiary/aromatic N) is 1. The highest BCUT2D eigenvalue weighted by Gasteiger charge is 1.76. The fraction of sp³-hybridized carbons (Fsp3) is 0. The van der Waals surface area contributed by atoms with Crippen molar-refractivity contribution >= 4 is 32.0 Å². The summed E-state index contributed by atoms with van der Waals surface area (Å²) in [5.74, 6) is 0. The predicted octanol–water partition coefficient (Wildman–Crippen LogP) is 1.56. The van der Waals surface area contributed by atoms with Crippen LogP contribution in [0.25, 0.3) is 0 Å². The van der Waals surface area contributed by atoms with E-state index in [1.54, 1.807) is 0 Å². The van der Waals surface area contributed by atoms with Gasteiger partial charge in [-0.05, 0) is 4.95 Å². The molecule has 0 aliphatic heterocycles. The van der Waals surface area contributed by atoms with Gasteiger partial charge in [0.05, 0.1) is 0 Å². The van der Waals surface area contributed by atoms with E-state index in [1.165, 1.54) is 23.0 Å². The summed E-state index contributed by atoms with van der Waals surface area (Å²) in [6.45, 7) is 0. The zero-order chi connectivity index (χ0) is 4.83. The average Bonchev–Trinajstić information content (AvgIpc) is 1.61. The van der Waals surface area contributed by atoms with Crippen LogP contribution in [-0.2, 0) is 7.89 Å². The Morgan fingerprint density at radius 3 is 2.67 bits per heavy atom. The van der Waals surface area contributed by atoms with Gasteiger partial charge in [-0.1, -0.05) is 0 Å². The lowest BCUT2D eigenvalue weighted by molar-refractivity contribution is -0.0280. The van der Waals surface area contributed by atoms with Gasteiger partial charge in [0.2, 0.25) is 8.96 Å². The van der Waals surface area contributed by atoms with E-state index < -0.39 is 8.96 Å². The minimum Gasteiger partial charge on any atom is -0.180 e. The fourth-order valence-corrected chi connectivity index (χ4v) is 0.329. The van der Waals surface area contributed by atoms with Gasteiger partial charge in [-0.25, -0.2) is 0 Å². The summed E-state index contributed by atoms with van der Waals surface area (Å²) in [7, 11) is -0.445. The van der Waals surface area contributed by atoms with Gasteiger partial charge in [0, 0.05) is 0 Å². The molecule has 0 spiro atoms. The van der Waals surface area contributed by atoms with E-state index >= 15 is 0 Å². The molecule has 0 aliphatic carbocycles. The van der Waals surface area contributed by atoms with Gasteiger partial charge >= 0.3 is 0 Å². The third-order valence-electron chi connectivity index (χ3n) is 0.106. The second-order valence-corrected chi connectivity index (χ2v) is 1.22. The predicted molar refractivity (Wildman–Crippen MR) is 30.3 cm³/mol. The van der Waals surface area contributed by atoms with Crippen LogP contribution in [0.3, 0.4) is 0 Å². The maximum absolute atomic E-state index is 9.12. The smallest absolute Gasteiger partial charge is 0.180 e. The minimum absolute atomic E-state index is 0.445. The Morgan fingerprint density at radius 2 is 2.50 bits per heavy atom. The summed E-state index contributed by atoms with van der Waals surface area (Å²) in [5, 5.41) is 0.